The fourth-order valence-electron chi connectivity index (χ4n) is 8.21. The quantitative estimate of drug-likeness (QED) is 0.159. The van der Waals surface area contributed by atoms with E-state index in [2.05, 4.69) is 217 Å². The highest BCUT2D eigenvalue weighted by molar-refractivity contribution is 6.23. The molecule has 0 atom stereocenters. The van der Waals surface area contributed by atoms with Gasteiger partial charge in [-0.25, -0.2) is 0 Å². The first-order valence-corrected chi connectivity index (χ1v) is 18.3. The molecule has 0 unspecified atom stereocenters. The third kappa shape index (κ3) is 5.34. The van der Waals surface area contributed by atoms with Crippen molar-refractivity contribution in [3.63, 3.8) is 0 Å². The van der Waals surface area contributed by atoms with Crippen molar-refractivity contribution in [3.05, 3.63) is 212 Å². The molecule has 10 aromatic rings. The molecule has 1 nitrogen and oxygen atoms in total. The van der Waals surface area contributed by atoms with Gasteiger partial charge in [-0.05, 0) is 101 Å². The molecule has 0 spiro atoms. The Labute approximate surface area is 309 Å². The Morgan fingerprint density at radius 2 is 0.660 bits per heavy atom. The molecule has 0 fully saturated rings. The molecule has 1 heteroatoms. The maximum atomic E-state index is 2.35. The second-order valence-corrected chi connectivity index (χ2v) is 13.7. The molecular formula is C52H35N. The lowest BCUT2D eigenvalue weighted by molar-refractivity contribution is 1.30. The van der Waals surface area contributed by atoms with E-state index < -0.39 is 0 Å². The Kier molecular flexibility index (Phi) is 7.55. The lowest BCUT2D eigenvalue weighted by atomic mass is 9.84. The van der Waals surface area contributed by atoms with Gasteiger partial charge in [-0.3, -0.25) is 0 Å². The topological polar surface area (TPSA) is 3.24 Å². The van der Waals surface area contributed by atoms with Crippen LogP contribution in [0.25, 0.3) is 76.5 Å². The van der Waals surface area contributed by atoms with Crippen LogP contribution in [-0.2, 0) is 0 Å². The zero-order valence-electron chi connectivity index (χ0n) is 29.2. The van der Waals surface area contributed by atoms with Crippen LogP contribution in [0.5, 0.6) is 0 Å². The van der Waals surface area contributed by atoms with Gasteiger partial charge >= 0.3 is 0 Å². The van der Waals surface area contributed by atoms with E-state index >= 15 is 0 Å². The Morgan fingerprint density at radius 3 is 1.28 bits per heavy atom. The number of nitrogens with zero attached hydrogens (tertiary/aromatic N) is 1. The summed E-state index contributed by atoms with van der Waals surface area (Å²) in [6, 6.07) is 77.1. The third-order valence-corrected chi connectivity index (χ3v) is 10.6. The van der Waals surface area contributed by atoms with Gasteiger partial charge in [0.25, 0.3) is 0 Å². The zero-order valence-corrected chi connectivity index (χ0v) is 29.2. The average Bonchev–Trinajstić information content (AvgIpc) is 3.23. The predicted molar refractivity (Wildman–Crippen MR) is 227 cm³/mol. The SMILES string of the molecule is c1ccc(N(c2ccc(-c3ccc(-c4c5ccccc5c(-c5cccc6ccccc56)c5ccccc45)cc3)cc2)c2cccc3ccccc23)cc1. The summed E-state index contributed by atoms with van der Waals surface area (Å²) in [6.07, 6.45) is 0. The molecule has 0 aromatic heterocycles. The molecule has 10 rings (SSSR count). The van der Waals surface area contributed by atoms with Crippen molar-refractivity contribution in [1.82, 2.24) is 0 Å². The van der Waals surface area contributed by atoms with Crippen molar-refractivity contribution in [2.24, 2.45) is 0 Å². The first-order valence-electron chi connectivity index (χ1n) is 18.3. The molecule has 53 heavy (non-hydrogen) atoms. The van der Waals surface area contributed by atoms with Crippen molar-refractivity contribution in [3.8, 4) is 33.4 Å². The van der Waals surface area contributed by atoms with Crippen molar-refractivity contribution >= 4 is 60.2 Å². The van der Waals surface area contributed by atoms with Crippen LogP contribution in [0.4, 0.5) is 17.1 Å². The van der Waals surface area contributed by atoms with Crippen LogP contribution in [0.15, 0.2) is 212 Å². The highest BCUT2D eigenvalue weighted by Crippen LogP contribution is 2.46. The third-order valence-electron chi connectivity index (χ3n) is 10.6. The van der Waals surface area contributed by atoms with E-state index in [0.29, 0.717) is 0 Å². The first-order chi connectivity index (χ1) is 26.3. The standard InChI is InChI=1S/C52H35N/c1-2-18-41(19-3-1)53(50-27-13-17-39-15-5-7-21-44(39)50)42-34-32-37(33-35-42)36-28-30-40(31-29-36)51-46-22-8-10-24-48(46)52(49-25-11-9-23-47(49)51)45-26-12-16-38-14-4-6-20-43(38)45/h1-35H. The van der Waals surface area contributed by atoms with E-state index in [4.69, 9.17) is 0 Å². The summed E-state index contributed by atoms with van der Waals surface area (Å²) in [6.45, 7) is 0. The minimum Gasteiger partial charge on any atom is -0.310 e. The van der Waals surface area contributed by atoms with Crippen LogP contribution >= 0.6 is 0 Å². The second kappa shape index (κ2) is 13.0. The highest BCUT2D eigenvalue weighted by atomic mass is 15.1. The van der Waals surface area contributed by atoms with E-state index in [0.717, 1.165) is 17.1 Å². The molecular weight excluding hydrogens is 639 g/mol. The lowest BCUT2D eigenvalue weighted by Crippen LogP contribution is -2.10. The fraction of sp³-hybridized carbons (Fsp3) is 0. The smallest absolute Gasteiger partial charge is 0.0540 e. The van der Waals surface area contributed by atoms with Crippen LogP contribution in [-0.4, -0.2) is 0 Å². The van der Waals surface area contributed by atoms with Gasteiger partial charge in [0.15, 0.2) is 0 Å². The van der Waals surface area contributed by atoms with Crippen molar-refractivity contribution in [2.45, 2.75) is 0 Å². The minimum absolute atomic E-state index is 1.12. The lowest BCUT2D eigenvalue weighted by Gasteiger charge is -2.27. The normalized spacial score (nSPS) is 11.4. The van der Waals surface area contributed by atoms with Gasteiger partial charge in [0.1, 0.15) is 0 Å². The summed E-state index contributed by atoms with van der Waals surface area (Å²) in [4.78, 5) is 2.35. The molecule has 10 aromatic carbocycles. The average molecular weight is 674 g/mol. The maximum Gasteiger partial charge on any atom is 0.0540 e. The van der Waals surface area contributed by atoms with E-state index in [1.54, 1.807) is 0 Å². The summed E-state index contributed by atoms with van der Waals surface area (Å²) in [5, 5.41) is 10.1. The largest absolute Gasteiger partial charge is 0.310 e. The number of benzene rings is 10. The monoisotopic (exact) mass is 673 g/mol. The van der Waals surface area contributed by atoms with Crippen molar-refractivity contribution < 1.29 is 0 Å². The van der Waals surface area contributed by atoms with Gasteiger partial charge < -0.3 is 4.90 Å². The van der Waals surface area contributed by atoms with E-state index in [-0.39, 0.29) is 0 Å². The molecule has 0 heterocycles. The van der Waals surface area contributed by atoms with Gasteiger partial charge in [0.2, 0.25) is 0 Å². The summed E-state index contributed by atoms with van der Waals surface area (Å²) in [7, 11) is 0. The Morgan fingerprint density at radius 1 is 0.245 bits per heavy atom. The molecule has 0 saturated carbocycles. The van der Waals surface area contributed by atoms with Crippen LogP contribution in [0.3, 0.4) is 0 Å². The molecule has 0 saturated heterocycles. The van der Waals surface area contributed by atoms with Crippen molar-refractivity contribution in [1.29, 1.82) is 0 Å². The molecule has 0 amide bonds. The van der Waals surface area contributed by atoms with Gasteiger partial charge in [0.05, 0.1) is 5.69 Å². The van der Waals surface area contributed by atoms with Gasteiger partial charge in [-0.2, -0.15) is 0 Å². The fourth-order valence-corrected chi connectivity index (χ4v) is 8.21. The minimum atomic E-state index is 1.12. The van der Waals surface area contributed by atoms with E-state index in [1.165, 1.54) is 76.5 Å². The molecule has 248 valence electrons. The Hall–Kier alpha value is -6.96. The zero-order chi connectivity index (χ0) is 35.1. The Balaban J connectivity index is 1.06. The van der Waals surface area contributed by atoms with Gasteiger partial charge in [0, 0.05) is 16.8 Å². The summed E-state index contributed by atoms with van der Waals surface area (Å²) < 4.78 is 0. The second-order valence-electron chi connectivity index (χ2n) is 13.7. The molecule has 0 aliphatic carbocycles. The maximum absolute atomic E-state index is 2.35. The molecule has 0 aliphatic rings. The van der Waals surface area contributed by atoms with E-state index in [9.17, 15) is 0 Å². The van der Waals surface area contributed by atoms with Gasteiger partial charge in [-0.1, -0.05) is 182 Å². The summed E-state index contributed by atoms with van der Waals surface area (Å²) >= 11 is 0. The number of para-hydroxylation sites is 1. The number of hydrogen-bond acceptors (Lipinski definition) is 1. The highest BCUT2D eigenvalue weighted by Gasteiger charge is 2.19. The Bertz CT molecular complexity index is 2860. The summed E-state index contributed by atoms with van der Waals surface area (Å²) in [5.74, 6) is 0. The van der Waals surface area contributed by atoms with Crippen LogP contribution in [0.2, 0.25) is 0 Å². The predicted octanol–water partition coefficient (Wildman–Crippen LogP) is 14.8. The first kappa shape index (κ1) is 30.8. The van der Waals surface area contributed by atoms with Gasteiger partial charge in [-0.15, -0.1) is 0 Å². The number of rotatable bonds is 6. The van der Waals surface area contributed by atoms with E-state index in [1.807, 2.05) is 0 Å². The number of fused-ring (bicyclic) bond motifs is 4. The number of hydrogen-bond donors (Lipinski definition) is 0. The molecule has 0 aliphatic heterocycles. The molecule has 0 N–H and O–H groups in total. The molecule has 0 radical (unpaired) electrons. The summed E-state index contributed by atoms with van der Waals surface area (Å²) in [5.41, 5.74) is 10.9. The number of anilines is 3. The van der Waals surface area contributed by atoms with Crippen molar-refractivity contribution in [2.75, 3.05) is 4.90 Å². The van der Waals surface area contributed by atoms with Crippen LogP contribution in [0.1, 0.15) is 0 Å². The van der Waals surface area contributed by atoms with Crippen LogP contribution < -0.4 is 4.90 Å². The molecule has 0 bridgehead atoms. The van der Waals surface area contributed by atoms with Crippen LogP contribution in [0, 0.1) is 0 Å².